The average Bonchev–Trinajstić information content (AvgIpc) is 2.99. The summed E-state index contributed by atoms with van der Waals surface area (Å²) in [4.78, 5) is 8.93. The van der Waals surface area contributed by atoms with Crippen LogP contribution < -0.4 is 11.3 Å². The van der Waals surface area contributed by atoms with E-state index in [0.29, 0.717) is 0 Å². The number of hydrogen-bond acceptors (Lipinski definition) is 4. The average molecular weight is 281 g/mol. The first kappa shape index (κ1) is 13.7. The molecule has 0 saturated heterocycles. The van der Waals surface area contributed by atoms with Gasteiger partial charge in [0, 0.05) is 36.9 Å². The Bertz CT molecular complexity index is 729. The summed E-state index contributed by atoms with van der Waals surface area (Å²) < 4.78 is 2.13. The van der Waals surface area contributed by atoms with Crippen LogP contribution in [-0.2, 0) is 13.0 Å². The molecule has 2 heterocycles. The van der Waals surface area contributed by atoms with E-state index in [1.807, 2.05) is 30.7 Å². The molecule has 1 unspecified atom stereocenters. The van der Waals surface area contributed by atoms with Crippen LogP contribution in [0, 0.1) is 0 Å². The van der Waals surface area contributed by atoms with Gasteiger partial charge in [0.1, 0.15) is 5.82 Å². The van der Waals surface area contributed by atoms with Crippen molar-refractivity contribution in [2.24, 2.45) is 5.84 Å². The third kappa shape index (κ3) is 2.66. The van der Waals surface area contributed by atoms with Crippen molar-refractivity contribution in [2.45, 2.75) is 25.9 Å². The van der Waals surface area contributed by atoms with Crippen molar-refractivity contribution in [3.63, 3.8) is 0 Å². The summed E-state index contributed by atoms with van der Waals surface area (Å²) in [6.45, 7) is 3.01. The lowest BCUT2D eigenvalue weighted by Gasteiger charge is -2.18. The Morgan fingerprint density at radius 1 is 1.19 bits per heavy atom. The number of hydrazine groups is 1. The van der Waals surface area contributed by atoms with Crippen LogP contribution in [0.5, 0.6) is 0 Å². The van der Waals surface area contributed by atoms with Gasteiger partial charge in [0.2, 0.25) is 0 Å². The first-order valence-corrected chi connectivity index (χ1v) is 7.13. The number of fused-ring (bicyclic) bond motifs is 1. The third-order valence-corrected chi connectivity index (χ3v) is 3.77. The van der Waals surface area contributed by atoms with Crippen LogP contribution in [0.1, 0.15) is 24.4 Å². The molecule has 0 bridgehead atoms. The maximum atomic E-state index is 5.79. The first-order chi connectivity index (χ1) is 10.3. The number of aryl methyl sites for hydroxylation is 1. The molecule has 0 radical (unpaired) electrons. The molecule has 0 amide bonds. The van der Waals surface area contributed by atoms with Gasteiger partial charge in [-0.1, -0.05) is 24.3 Å². The van der Waals surface area contributed by atoms with E-state index in [9.17, 15) is 0 Å². The van der Waals surface area contributed by atoms with E-state index in [1.165, 1.54) is 0 Å². The minimum absolute atomic E-state index is 0.0173. The SMILES string of the molecule is CCn1ccnc1CC(NN)c1cccc2cccnc12. The number of para-hydroxylation sites is 1. The lowest BCUT2D eigenvalue weighted by Crippen LogP contribution is -2.30. The fourth-order valence-corrected chi connectivity index (χ4v) is 2.67. The highest BCUT2D eigenvalue weighted by atomic mass is 15.2. The molecule has 2 aromatic heterocycles. The van der Waals surface area contributed by atoms with E-state index in [2.05, 4.69) is 45.1 Å². The number of benzene rings is 1. The molecule has 5 heteroatoms. The van der Waals surface area contributed by atoms with Crippen molar-refractivity contribution in [2.75, 3.05) is 0 Å². The summed E-state index contributed by atoms with van der Waals surface area (Å²) in [6, 6.07) is 10.2. The molecule has 1 atom stereocenters. The molecular weight excluding hydrogens is 262 g/mol. The lowest BCUT2D eigenvalue weighted by molar-refractivity contribution is 0.525. The predicted octanol–water partition coefficient (Wildman–Crippen LogP) is 2.20. The van der Waals surface area contributed by atoms with Gasteiger partial charge in [-0.3, -0.25) is 16.3 Å². The maximum absolute atomic E-state index is 5.79. The van der Waals surface area contributed by atoms with E-state index in [-0.39, 0.29) is 6.04 Å². The van der Waals surface area contributed by atoms with Crippen LogP contribution in [0.2, 0.25) is 0 Å². The number of hydrogen-bond donors (Lipinski definition) is 2. The third-order valence-electron chi connectivity index (χ3n) is 3.77. The molecule has 3 aromatic rings. The summed E-state index contributed by atoms with van der Waals surface area (Å²) in [5.41, 5.74) is 4.99. The van der Waals surface area contributed by atoms with Crippen molar-refractivity contribution < 1.29 is 0 Å². The number of rotatable bonds is 5. The van der Waals surface area contributed by atoms with Crippen molar-refractivity contribution in [3.8, 4) is 0 Å². The van der Waals surface area contributed by atoms with Crippen molar-refractivity contribution in [3.05, 3.63) is 60.3 Å². The fraction of sp³-hybridized carbons (Fsp3) is 0.250. The topological polar surface area (TPSA) is 68.8 Å². The van der Waals surface area contributed by atoms with Gasteiger partial charge < -0.3 is 4.57 Å². The Labute approximate surface area is 123 Å². The van der Waals surface area contributed by atoms with Gasteiger partial charge in [-0.2, -0.15) is 0 Å². The number of aromatic nitrogens is 3. The van der Waals surface area contributed by atoms with Crippen LogP contribution in [0.4, 0.5) is 0 Å². The normalized spacial score (nSPS) is 12.7. The second-order valence-electron chi connectivity index (χ2n) is 4.98. The first-order valence-electron chi connectivity index (χ1n) is 7.13. The molecular formula is C16H19N5. The van der Waals surface area contributed by atoms with Gasteiger partial charge >= 0.3 is 0 Å². The van der Waals surface area contributed by atoms with E-state index >= 15 is 0 Å². The molecule has 1 aromatic carbocycles. The van der Waals surface area contributed by atoms with E-state index in [1.54, 1.807) is 0 Å². The van der Waals surface area contributed by atoms with Crippen LogP contribution in [-0.4, -0.2) is 14.5 Å². The molecule has 3 N–H and O–H groups in total. The maximum Gasteiger partial charge on any atom is 0.110 e. The molecule has 0 aliphatic carbocycles. The van der Waals surface area contributed by atoms with Gasteiger partial charge in [0.05, 0.1) is 11.6 Å². The molecule has 108 valence electrons. The van der Waals surface area contributed by atoms with Crippen LogP contribution >= 0.6 is 0 Å². The summed E-state index contributed by atoms with van der Waals surface area (Å²) in [5.74, 6) is 6.81. The molecule has 0 saturated carbocycles. The number of pyridine rings is 1. The van der Waals surface area contributed by atoms with Crippen molar-refractivity contribution in [1.82, 2.24) is 20.0 Å². The Morgan fingerprint density at radius 2 is 2.05 bits per heavy atom. The Balaban J connectivity index is 1.99. The lowest BCUT2D eigenvalue weighted by atomic mass is 10.0. The van der Waals surface area contributed by atoms with E-state index < -0.39 is 0 Å². The molecule has 0 spiro atoms. The van der Waals surface area contributed by atoms with Gasteiger partial charge in [0.25, 0.3) is 0 Å². The highest BCUT2D eigenvalue weighted by Gasteiger charge is 2.16. The molecule has 5 nitrogen and oxygen atoms in total. The minimum atomic E-state index is -0.0173. The van der Waals surface area contributed by atoms with Gasteiger partial charge in [-0.15, -0.1) is 0 Å². The number of nitrogens with one attached hydrogen (secondary N) is 1. The molecule has 0 fully saturated rings. The van der Waals surface area contributed by atoms with E-state index in [0.717, 1.165) is 35.3 Å². The summed E-state index contributed by atoms with van der Waals surface area (Å²) in [6.07, 6.45) is 6.36. The Kier molecular flexibility index (Phi) is 3.94. The largest absolute Gasteiger partial charge is 0.335 e. The van der Waals surface area contributed by atoms with E-state index in [4.69, 9.17) is 5.84 Å². The Morgan fingerprint density at radius 3 is 2.86 bits per heavy atom. The highest BCUT2D eigenvalue weighted by Crippen LogP contribution is 2.24. The molecule has 21 heavy (non-hydrogen) atoms. The zero-order valence-corrected chi connectivity index (χ0v) is 12.0. The zero-order chi connectivity index (χ0) is 14.7. The molecule has 0 aliphatic rings. The number of nitrogens with zero attached hydrogens (tertiary/aromatic N) is 3. The van der Waals surface area contributed by atoms with Gasteiger partial charge in [-0.05, 0) is 18.6 Å². The van der Waals surface area contributed by atoms with Crippen LogP contribution in [0.3, 0.4) is 0 Å². The number of imidazole rings is 1. The number of nitrogens with two attached hydrogens (primary N) is 1. The highest BCUT2D eigenvalue weighted by molar-refractivity contribution is 5.82. The monoisotopic (exact) mass is 281 g/mol. The van der Waals surface area contributed by atoms with Crippen LogP contribution in [0.25, 0.3) is 10.9 Å². The van der Waals surface area contributed by atoms with Crippen molar-refractivity contribution >= 4 is 10.9 Å². The standard InChI is InChI=1S/C16H19N5/c1-2-21-10-9-18-15(21)11-14(20-17)13-7-3-5-12-6-4-8-19-16(12)13/h3-10,14,20H,2,11,17H2,1H3. The summed E-state index contributed by atoms with van der Waals surface area (Å²) >= 11 is 0. The molecule has 3 rings (SSSR count). The smallest absolute Gasteiger partial charge is 0.110 e. The predicted molar refractivity (Wildman–Crippen MR) is 83.4 cm³/mol. The van der Waals surface area contributed by atoms with Gasteiger partial charge in [0.15, 0.2) is 0 Å². The Hall–Kier alpha value is -2.24. The molecule has 0 aliphatic heterocycles. The second kappa shape index (κ2) is 6.03. The van der Waals surface area contributed by atoms with Gasteiger partial charge in [-0.25, -0.2) is 4.98 Å². The summed E-state index contributed by atoms with van der Waals surface area (Å²) in [5, 5.41) is 1.12. The van der Waals surface area contributed by atoms with Crippen LogP contribution in [0.15, 0.2) is 48.9 Å². The van der Waals surface area contributed by atoms with Crippen molar-refractivity contribution in [1.29, 1.82) is 0 Å². The quantitative estimate of drug-likeness (QED) is 0.555. The fourth-order valence-electron chi connectivity index (χ4n) is 2.67. The zero-order valence-electron chi connectivity index (χ0n) is 12.0. The second-order valence-corrected chi connectivity index (χ2v) is 4.98. The minimum Gasteiger partial charge on any atom is -0.335 e. The summed E-state index contributed by atoms with van der Waals surface area (Å²) in [7, 11) is 0.